The summed E-state index contributed by atoms with van der Waals surface area (Å²) in [7, 11) is -3.56. The van der Waals surface area contributed by atoms with Gasteiger partial charge < -0.3 is 10.2 Å². The smallest absolute Gasteiger partial charge is 0.254 e. The maximum Gasteiger partial charge on any atom is 0.254 e. The number of hydrogen-bond acceptors (Lipinski definition) is 4. The van der Waals surface area contributed by atoms with Gasteiger partial charge in [0.25, 0.3) is 5.91 Å². The molecule has 25 heavy (non-hydrogen) atoms. The highest BCUT2D eigenvalue weighted by Gasteiger charge is 2.29. The molecule has 6 nitrogen and oxygen atoms in total. The highest BCUT2D eigenvalue weighted by atomic mass is 35.5. The summed E-state index contributed by atoms with van der Waals surface area (Å²) in [6, 6.07) is 6.62. The largest absolute Gasteiger partial charge is 0.333 e. The number of halogens is 1. The van der Waals surface area contributed by atoms with Crippen LogP contribution in [0.5, 0.6) is 0 Å². The number of carbonyl (C=O) groups excluding carboxylic acids is 1. The summed E-state index contributed by atoms with van der Waals surface area (Å²) in [6.07, 6.45) is 2.17. The van der Waals surface area contributed by atoms with Crippen molar-refractivity contribution in [1.29, 1.82) is 0 Å². The molecule has 2 N–H and O–H groups in total. The SMILES string of the molecule is CC1NCCN(C(=O)c2cccc(S(=O)(=O)NCC3CC3)c2)C1C.Cl. The van der Waals surface area contributed by atoms with Crippen molar-refractivity contribution in [1.82, 2.24) is 14.9 Å². The van der Waals surface area contributed by atoms with Crippen LogP contribution in [0, 0.1) is 5.92 Å². The molecule has 2 fully saturated rings. The number of amides is 1. The molecule has 1 saturated heterocycles. The third-order valence-electron chi connectivity index (χ3n) is 4.95. The minimum atomic E-state index is -3.56. The molecule has 1 aliphatic heterocycles. The van der Waals surface area contributed by atoms with Gasteiger partial charge in [0.05, 0.1) is 4.90 Å². The van der Waals surface area contributed by atoms with E-state index in [1.807, 2.05) is 18.7 Å². The molecular weight excluding hydrogens is 362 g/mol. The van der Waals surface area contributed by atoms with E-state index in [1.54, 1.807) is 12.1 Å². The first-order valence-corrected chi connectivity index (χ1v) is 10.0. The van der Waals surface area contributed by atoms with Crippen LogP contribution in [0.2, 0.25) is 0 Å². The van der Waals surface area contributed by atoms with Crippen LogP contribution in [0.1, 0.15) is 37.0 Å². The van der Waals surface area contributed by atoms with Crippen molar-refractivity contribution in [2.75, 3.05) is 19.6 Å². The Morgan fingerprint density at radius 2 is 2.04 bits per heavy atom. The van der Waals surface area contributed by atoms with Crippen LogP contribution in [-0.2, 0) is 10.0 Å². The minimum absolute atomic E-state index is 0. The summed E-state index contributed by atoms with van der Waals surface area (Å²) in [6.45, 7) is 5.91. The first-order valence-electron chi connectivity index (χ1n) is 8.52. The first-order chi connectivity index (χ1) is 11.4. The Morgan fingerprint density at radius 1 is 1.32 bits per heavy atom. The van der Waals surface area contributed by atoms with E-state index in [2.05, 4.69) is 10.0 Å². The molecule has 2 unspecified atom stereocenters. The zero-order valence-electron chi connectivity index (χ0n) is 14.6. The number of nitrogens with one attached hydrogen (secondary N) is 2. The van der Waals surface area contributed by atoms with Gasteiger partial charge in [-0.3, -0.25) is 4.79 Å². The van der Waals surface area contributed by atoms with Crippen molar-refractivity contribution in [2.24, 2.45) is 5.92 Å². The average Bonchev–Trinajstić information content (AvgIpc) is 3.40. The maximum absolute atomic E-state index is 12.8. The van der Waals surface area contributed by atoms with Crippen LogP contribution >= 0.6 is 12.4 Å². The van der Waals surface area contributed by atoms with Crippen LogP contribution in [0.15, 0.2) is 29.2 Å². The lowest BCUT2D eigenvalue weighted by Gasteiger charge is -2.38. The standard InChI is InChI=1S/C17H25N3O3S.ClH/c1-12-13(2)20(9-8-18-12)17(21)15-4-3-5-16(10-15)24(22,23)19-11-14-6-7-14;/h3-5,10,12-14,18-19H,6-9,11H2,1-2H3;1H. The van der Waals surface area contributed by atoms with E-state index in [9.17, 15) is 13.2 Å². The van der Waals surface area contributed by atoms with Crippen LogP contribution in [0.3, 0.4) is 0 Å². The molecule has 1 amide bonds. The molecule has 1 aliphatic carbocycles. The Hall–Kier alpha value is -1.15. The number of rotatable bonds is 5. The van der Waals surface area contributed by atoms with Crippen molar-refractivity contribution in [3.63, 3.8) is 0 Å². The van der Waals surface area contributed by atoms with E-state index in [0.29, 0.717) is 24.6 Å². The molecule has 2 aliphatic rings. The quantitative estimate of drug-likeness (QED) is 0.804. The molecule has 140 valence electrons. The van der Waals surface area contributed by atoms with E-state index < -0.39 is 10.0 Å². The zero-order chi connectivity index (χ0) is 17.3. The summed E-state index contributed by atoms with van der Waals surface area (Å²) in [5.41, 5.74) is 0.422. The molecule has 0 bridgehead atoms. The predicted molar refractivity (Wildman–Crippen MR) is 99.6 cm³/mol. The van der Waals surface area contributed by atoms with Gasteiger partial charge in [0, 0.05) is 37.3 Å². The van der Waals surface area contributed by atoms with Crippen molar-refractivity contribution in [2.45, 2.75) is 43.7 Å². The predicted octanol–water partition coefficient (Wildman–Crippen LogP) is 1.62. The van der Waals surface area contributed by atoms with Crippen molar-refractivity contribution in [3.05, 3.63) is 29.8 Å². The molecule has 3 rings (SSSR count). The van der Waals surface area contributed by atoms with Gasteiger partial charge in [-0.25, -0.2) is 13.1 Å². The molecule has 8 heteroatoms. The lowest BCUT2D eigenvalue weighted by Crippen LogP contribution is -2.57. The fourth-order valence-electron chi connectivity index (χ4n) is 2.94. The van der Waals surface area contributed by atoms with Gasteiger partial charge in [-0.05, 0) is 50.8 Å². The van der Waals surface area contributed by atoms with E-state index in [0.717, 1.165) is 19.4 Å². The Balaban J connectivity index is 0.00000225. The van der Waals surface area contributed by atoms with Gasteiger partial charge in [-0.15, -0.1) is 12.4 Å². The van der Waals surface area contributed by atoms with E-state index >= 15 is 0 Å². The lowest BCUT2D eigenvalue weighted by atomic mass is 10.1. The van der Waals surface area contributed by atoms with E-state index in [-0.39, 0.29) is 35.3 Å². The van der Waals surface area contributed by atoms with Crippen LogP contribution in [0.25, 0.3) is 0 Å². The molecule has 1 aromatic carbocycles. The highest BCUT2D eigenvalue weighted by molar-refractivity contribution is 7.89. The Labute approximate surface area is 155 Å². The number of nitrogens with zero attached hydrogens (tertiary/aromatic N) is 1. The molecule has 1 aromatic rings. The third-order valence-corrected chi connectivity index (χ3v) is 6.37. The fourth-order valence-corrected chi connectivity index (χ4v) is 4.10. The Bertz CT molecular complexity index is 722. The van der Waals surface area contributed by atoms with Crippen LogP contribution < -0.4 is 10.0 Å². The highest BCUT2D eigenvalue weighted by Crippen LogP contribution is 2.28. The van der Waals surface area contributed by atoms with Gasteiger partial charge in [0.1, 0.15) is 0 Å². The number of hydrogen-bond donors (Lipinski definition) is 2. The molecule has 0 aromatic heterocycles. The second-order valence-corrected chi connectivity index (χ2v) is 8.57. The molecule has 1 saturated carbocycles. The maximum atomic E-state index is 12.8. The summed E-state index contributed by atoms with van der Waals surface area (Å²) in [4.78, 5) is 14.8. The van der Waals surface area contributed by atoms with Gasteiger partial charge in [0.15, 0.2) is 0 Å². The van der Waals surface area contributed by atoms with Crippen molar-refractivity contribution in [3.8, 4) is 0 Å². The molecular formula is C17H26ClN3O3S. The normalized spacial score (nSPS) is 23.8. The number of piperazine rings is 1. The lowest BCUT2D eigenvalue weighted by molar-refractivity contribution is 0.0602. The number of benzene rings is 1. The topological polar surface area (TPSA) is 78.5 Å². The Morgan fingerprint density at radius 3 is 2.72 bits per heavy atom. The average molecular weight is 388 g/mol. The summed E-state index contributed by atoms with van der Waals surface area (Å²) >= 11 is 0. The third kappa shape index (κ3) is 4.73. The van der Waals surface area contributed by atoms with E-state index in [1.165, 1.54) is 12.1 Å². The van der Waals surface area contributed by atoms with Gasteiger partial charge in [-0.1, -0.05) is 6.07 Å². The fraction of sp³-hybridized carbons (Fsp3) is 0.588. The van der Waals surface area contributed by atoms with Gasteiger partial charge >= 0.3 is 0 Å². The molecule has 2 atom stereocenters. The van der Waals surface area contributed by atoms with Gasteiger partial charge in [0.2, 0.25) is 10.0 Å². The van der Waals surface area contributed by atoms with Crippen LogP contribution in [-0.4, -0.2) is 50.9 Å². The van der Waals surface area contributed by atoms with E-state index in [4.69, 9.17) is 0 Å². The van der Waals surface area contributed by atoms with Crippen molar-refractivity contribution >= 4 is 28.3 Å². The zero-order valence-corrected chi connectivity index (χ0v) is 16.2. The minimum Gasteiger partial charge on any atom is -0.333 e. The molecule has 0 radical (unpaired) electrons. The summed E-state index contributed by atoms with van der Waals surface area (Å²) in [5, 5.41) is 3.34. The van der Waals surface area contributed by atoms with Crippen molar-refractivity contribution < 1.29 is 13.2 Å². The Kier molecular flexibility index (Phi) is 6.48. The first kappa shape index (κ1) is 20.2. The second kappa shape index (κ2) is 8.03. The second-order valence-electron chi connectivity index (χ2n) is 6.81. The number of carbonyl (C=O) groups is 1. The molecule has 1 heterocycles. The summed E-state index contributed by atoms with van der Waals surface area (Å²) < 4.78 is 27.4. The van der Waals surface area contributed by atoms with Crippen LogP contribution in [0.4, 0.5) is 0 Å². The molecule has 0 spiro atoms. The number of sulfonamides is 1. The summed E-state index contributed by atoms with van der Waals surface area (Å²) in [5.74, 6) is 0.350. The van der Waals surface area contributed by atoms with Gasteiger partial charge in [-0.2, -0.15) is 0 Å². The monoisotopic (exact) mass is 387 g/mol.